The predicted octanol–water partition coefficient (Wildman–Crippen LogP) is 7.00. The van der Waals surface area contributed by atoms with E-state index in [1.807, 2.05) is 25.4 Å². The van der Waals surface area contributed by atoms with Gasteiger partial charge in [-0.2, -0.15) is 10.1 Å². The molecule has 2 N–H and O–H groups in total. The summed E-state index contributed by atoms with van der Waals surface area (Å²) in [7, 11) is 1.89. The summed E-state index contributed by atoms with van der Waals surface area (Å²) in [6, 6.07) is 16.7. The van der Waals surface area contributed by atoms with Crippen molar-refractivity contribution in [2.24, 2.45) is 18.9 Å². The van der Waals surface area contributed by atoms with Crippen LogP contribution in [0.1, 0.15) is 102 Å². The number of nitrogens with zero attached hydrogens (tertiary/aromatic N) is 9. The van der Waals surface area contributed by atoms with E-state index in [1.54, 1.807) is 42.5 Å². The van der Waals surface area contributed by atoms with Crippen LogP contribution in [0.5, 0.6) is 0 Å². The number of piperidine rings is 3. The van der Waals surface area contributed by atoms with Crippen LogP contribution < -0.4 is 15.5 Å². The third kappa shape index (κ3) is 10.2. The normalized spacial score (nSPS) is 19.1. The van der Waals surface area contributed by atoms with Crippen molar-refractivity contribution in [2.45, 2.75) is 97.8 Å². The minimum atomic E-state index is -1.22. The Morgan fingerprint density at radius 2 is 1.55 bits per heavy atom. The molecule has 3 fully saturated rings. The molecule has 3 saturated heterocycles. The lowest BCUT2D eigenvalue weighted by Gasteiger charge is -2.37. The second kappa shape index (κ2) is 19.9. The van der Waals surface area contributed by atoms with Crippen molar-refractivity contribution in [3.05, 3.63) is 94.2 Å². The minimum absolute atomic E-state index is 0.0231. The van der Waals surface area contributed by atoms with E-state index < -0.39 is 60.0 Å². The van der Waals surface area contributed by atoms with Crippen LogP contribution in [-0.2, 0) is 43.9 Å². The Balaban J connectivity index is 0.708. The SMILES string of the molecule is Cc1cccc(C)c1Nc1nn(C)c2nc(Nc3ccc4c(c3)CN(CC3CCN(c5ccc6c(c5)C(=O)N(C5CCC(=O)N(COC(=O)C7CCN(C(=O)OC(C)(C)C)CC7)C5=O)C6=O)CC3)CC4)ncc12. The number of anilines is 5. The molecule has 7 heterocycles. The van der Waals surface area contributed by atoms with E-state index >= 15 is 0 Å². The molecular weight excluding hydrogens is 931 g/mol. The maximum absolute atomic E-state index is 14.0. The number of hydrogen-bond acceptors (Lipinski definition) is 15. The molecule has 1 unspecified atom stereocenters. The molecule has 5 amide bonds. The number of nitrogens with one attached hydrogen (secondary N) is 2. The third-order valence-electron chi connectivity index (χ3n) is 14.9. The molecule has 5 aliphatic heterocycles. The zero-order valence-corrected chi connectivity index (χ0v) is 42.4. The summed E-state index contributed by atoms with van der Waals surface area (Å²) in [5.41, 5.74) is 8.20. The fraction of sp³-hybridized carbons (Fsp3) is 0.463. The van der Waals surface area contributed by atoms with Crippen molar-refractivity contribution in [2.75, 3.05) is 61.5 Å². The summed E-state index contributed by atoms with van der Waals surface area (Å²) >= 11 is 0. The van der Waals surface area contributed by atoms with Crippen molar-refractivity contribution in [1.82, 2.24) is 39.3 Å². The molecule has 0 spiro atoms. The molecule has 0 radical (unpaired) electrons. The number of rotatable bonds is 11. The van der Waals surface area contributed by atoms with Gasteiger partial charge >= 0.3 is 12.1 Å². The Bertz CT molecular complexity index is 3000. The number of aromatic nitrogens is 4. The zero-order valence-electron chi connectivity index (χ0n) is 42.4. The van der Waals surface area contributed by atoms with Crippen molar-refractivity contribution in [3.63, 3.8) is 0 Å². The first-order chi connectivity index (χ1) is 35.0. The number of carbonyl (C=O) groups excluding carboxylic acids is 6. The fourth-order valence-electron chi connectivity index (χ4n) is 10.8. The molecule has 19 nitrogen and oxygen atoms in total. The van der Waals surface area contributed by atoms with Gasteiger partial charge in [0.15, 0.2) is 18.2 Å². The monoisotopic (exact) mass is 993 g/mol. The minimum Gasteiger partial charge on any atom is -0.444 e. The van der Waals surface area contributed by atoms with Crippen molar-refractivity contribution in [1.29, 1.82) is 0 Å². The summed E-state index contributed by atoms with van der Waals surface area (Å²) < 4.78 is 12.7. The van der Waals surface area contributed by atoms with Crippen LogP contribution in [0.4, 0.5) is 33.6 Å². The number of hydrogen-bond donors (Lipinski definition) is 2. The molecule has 1 atom stereocenters. The standard InChI is InChI=1S/C54H63N11O8/c1-32-8-7-9-33(2)45(32)57-46-42-28-55-52(58-47(42)60(6)59-46)56-38-11-10-35-18-21-61(30-37(35)26-38)29-34-16-22-62(23-17-34)39-12-13-40-41(27-39)49(68)65(48(40)67)43-14-15-44(66)64(50(43)69)31-72-51(70)36-19-24-63(25-20-36)53(71)73-54(3,4)5/h7-13,26-28,34,36,43H,14-25,29-31H2,1-6H3,(H,57,59)(H,55,56,58). The number of ether oxygens (including phenoxy) is 2. The largest absolute Gasteiger partial charge is 0.444 e. The van der Waals surface area contributed by atoms with Crippen molar-refractivity contribution in [3.8, 4) is 0 Å². The van der Waals surface area contributed by atoms with Gasteiger partial charge in [0.05, 0.1) is 22.4 Å². The first kappa shape index (κ1) is 49.2. The number of para-hydroxylation sites is 1. The number of carbonyl (C=O) groups is 6. The molecule has 5 aromatic rings. The van der Waals surface area contributed by atoms with E-state index in [-0.39, 0.29) is 24.0 Å². The number of esters is 1. The van der Waals surface area contributed by atoms with Gasteiger partial charge in [-0.25, -0.2) is 19.4 Å². The third-order valence-corrected chi connectivity index (χ3v) is 14.9. The molecule has 0 saturated carbocycles. The Kier molecular flexibility index (Phi) is 13.4. The maximum Gasteiger partial charge on any atom is 0.410 e. The Morgan fingerprint density at radius 3 is 2.29 bits per heavy atom. The van der Waals surface area contributed by atoms with Gasteiger partial charge in [0.1, 0.15) is 11.6 Å². The number of likely N-dealkylation sites (tertiary alicyclic amines) is 2. The average Bonchev–Trinajstić information content (AvgIpc) is 3.81. The Labute approximate surface area is 424 Å². The first-order valence-electron chi connectivity index (χ1n) is 25.4. The smallest absolute Gasteiger partial charge is 0.410 e. The van der Waals surface area contributed by atoms with Gasteiger partial charge < -0.3 is 29.9 Å². The van der Waals surface area contributed by atoms with Gasteiger partial charge in [-0.3, -0.25) is 33.8 Å². The topological polar surface area (TPSA) is 205 Å². The summed E-state index contributed by atoms with van der Waals surface area (Å²) in [5, 5.41) is 12.5. The molecule has 19 heteroatoms. The highest BCUT2D eigenvalue weighted by atomic mass is 16.6. The predicted molar refractivity (Wildman–Crippen MR) is 272 cm³/mol. The van der Waals surface area contributed by atoms with Crippen LogP contribution in [0.2, 0.25) is 0 Å². The van der Waals surface area contributed by atoms with Gasteiger partial charge in [-0.1, -0.05) is 24.3 Å². The van der Waals surface area contributed by atoms with E-state index in [0.717, 1.165) is 101 Å². The summed E-state index contributed by atoms with van der Waals surface area (Å²) in [6.07, 6.45) is 4.81. The van der Waals surface area contributed by atoms with E-state index in [2.05, 4.69) is 69.6 Å². The van der Waals surface area contributed by atoms with E-state index in [9.17, 15) is 28.8 Å². The Morgan fingerprint density at radius 1 is 0.808 bits per heavy atom. The van der Waals surface area contributed by atoms with Crippen LogP contribution >= 0.6 is 0 Å². The van der Waals surface area contributed by atoms with Crippen molar-refractivity contribution >= 4 is 75.6 Å². The number of imide groups is 2. The quantitative estimate of drug-likeness (QED) is 0.101. The second-order valence-electron chi connectivity index (χ2n) is 21.1. The van der Waals surface area contributed by atoms with E-state index in [0.29, 0.717) is 43.6 Å². The molecule has 382 valence electrons. The molecular formula is C54H63N11O8. The van der Waals surface area contributed by atoms with Gasteiger partial charge in [0.25, 0.3) is 17.7 Å². The number of benzene rings is 3. The average molecular weight is 994 g/mol. The van der Waals surface area contributed by atoms with Crippen LogP contribution in [-0.4, -0.2) is 133 Å². The lowest BCUT2D eigenvalue weighted by Crippen LogP contribution is -2.56. The summed E-state index contributed by atoms with van der Waals surface area (Å²) in [5.74, 6) is -1.91. The fourth-order valence-corrected chi connectivity index (χ4v) is 10.8. The lowest BCUT2D eigenvalue weighted by atomic mass is 9.93. The number of amides is 5. The van der Waals surface area contributed by atoms with Gasteiger partial charge in [-0.05, 0) is 132 Å². The molecule has 3 aromatic carbocycles. The van der Waals surface area contributed by atoms with Crippen LogP contribution in [0.15, 0.2) is 60.8 Å². The lowest BCUT2D eigenvalue weighted by molar-refractivity contribution is -0.166. The molecule has 2 aromatic heterocycles. The first-order valence-corrected chi connectivity index (χ1v) is 25.4. The van der Waals surface area contributed by atoms with Crippen LogP contribution in [0.3, 0.4) is 0 Å². The molecule has 0 aliphatic carbocycles. The highest BCUT2D eigenvalue weighted by molar-refractivity contribution is 6.23. The highest BCUT2D eigenvalue weighted by Crippen LogP contribution is 2.35. The van der Waals surface area contributed by atoms with Gasteiger partial charge in [-0.15, -0.1) is 0 Å². The zero-order chi connectivity index (χ0) is 51.3. The molecule has 73 heavy (non-hydrogen) atoms. The molecule has 10 rings (SSSR count). The second-order valence-corrected chi connectivity index (χ2v) is 21.1. The maximum atomic E-state index is 14.0. The summed E-state index contributed by atoms with van der Waals surface area (Å²) in [6.45, 7) is 13.9. The molecule has 0 bridgehead atoms. The van der Waals surface area contributed by atoms with Gasteiger partial charge in [0, 0.05) is 82.5 Å². The van der Waals surface area contributed by atoms with Crippen LogP contribution in [0, 0.1) is 25.7 Å². The number of aryl methyl sites for hydroxylation is 3. The van der Waals surface area contributed by atoms with E-state index in [4.69, 9.17) is 19.6 Å². The van der Waals surface area contributed by atoms with Crippen molar-refractivity contribution < 1.29 is 38.2 Å². The van der Waals surface area contributed by atoms with E-state index in [1.165, 1.54) is 11.1 Å². The van der Waals surface area contributed by atoms with Crippen LogP contribution in [0.25, 0.3) is 11.0 Å². The highest BCUT2D eigenvalue weighted by Gasteiger charge is 2.48. The summed E-state index contributed by atoms with van der Waals surface area (Å²) in [4.78, 5) is 97.7. The number of fused-ring (bicyclic) bond motifs is 3. The van der Waals surface area contributed by atoms with Gasteiger partial charge in [0.2, 0.25) is 11.9 Å². The molecule has 5 aliphatic rings. The Hall–Kier alpha value is -7.41.